The molecule has 26 heavy (non-hydrogen) atoms. The molecule has 1 N–H and O–H groups in total. The molecule has 0 saturated carbocycles. The van der Waals surface area contributed by atoms with Gasteiger partial charge in [0.05, 0.1) is 0 Å². The average molecular weight is 354 g/mol. The number of hydrogen-bond donors (Lipinski definition) is 1. The van der Waals surface area contributed by atoms with Gasteiger partial charge >= 0.3 is 5.97 Å². The number of likely N-dealkylation sites (N-methyl/N-ethyl adjacent to an activating group) is 1. The van der Waals surface area contributed by atoms with Gasteiger partial charge in [0.2, 0.25) is 0 Å². The number of carboxylic acids is 1. The summed E-state index contributed by atoms with van der Waals surface area (Å²) in [7, 11) is 2.12. The van der Waals surface area contributed by atoms with Gasteiger partial charge in [-0.15, -0.1) is 0 Å². The minimum absolute atomic E-state index is 0.211. The molecule has 0 aromatic heterocycles. The number of carbonyl (C=O) groups is 1. The van der Waals surface area contributed by atoms with Crippen LogP contribution in [0.5, 0.6) is 5.75 Å². The number of carboxylic acid groups (broad SMARTS) is 1. The molecule has 1 aliphatic rings. The van der Waals surface area contributed by atoms with Crippen LogP contribution >= 0.6 is 0 Å². The van der Waals surface area contributed by atoms with Crippen molar-refractivity contribution in [3.8, 4) is 5.75 Å². The lowest BCUT2D eigenvalue weighted by molar-refractivity contribution is 0.0691. The Morgan fingerprint density at radius 1 is 1.19 bits per heavy atom. The highest BCUT2D eigenvalue weighted by molar-refractivity contribution is 5.90. The zero-order valence-corrected chi connectivity index (χ0v) is 15.2. The van der Waals surface area contributed by atoms with Gasteiger partial charge in [0.25, 0.3) is 0 Å². The van der Waals surface area contributed by atoms with Gasteiger partial charge in [0, 0.05) is 31.4 Å². The second kappa shape index (κ2) is 8.72. The molecule has 5 nitrogen and oxygen atoms in total. The molecule has 138 valence electrons. The highest BCUT2D eigenvalue weighted by Gasteiger charge is 2.23. The summed E-state index contributed by atoms with van der Waals surface area (Å²) in [5.41, 5.74) is 1.49. The first-order valence-corrected chi connectivity index (χ1v) is 9.10. The van der Waals surface area contributed by atoms with Gasteiger partial charge in [-0.3, -0.25) is 4.90 Å². The molecule has 1 saturated heterocycles. The van der Waals surface area contributed by atoms with Crippen LogP contribution in [0, 0.1) is 0 Å². The first-order chi connectivity index (χ1) is 12.6. The molecule has 2 aromatic carbocycles. The summed E-state index contributed by atoms with van der Waals surface area (Å²) in [6.07, 6.45) is 2.35. The van der Waals surface area contributed by atoms with Crippen molar-refractivity contribution < 1.29 is 14.6 Å². The largest absolute Gasteiger partial charge is 0.491 e. The number of rotatable bonds is 7. The Morgan fingerprint density at radius 3 is 2.69 bits per heavy atom. The van der Waals surface area contributed by atoms with E-state index >= 15 is 0 Å². The van der Waals surface area contributed by atoms with E-state index in [0.29, 0.717) is 18.4 Å². The summed E-state index contributed by atoms with van der Waals surface area (Å²) in [5, 5.41) is 9.22. The Morgan fingerprint density at radius 2 is 1.92 bits per heavy atom. The molecule has 2 aromatic rings. The third-order valence-electron chi connectivity index (χ3n) is 4.96. The molecule has 1 fully saturated rings. The van der Waals surface area contributed by atoms with Crippen LogP contribution in [0.15, 0.2) is 54.6 Å². The normalized spacial score (nSPS) is 17.3. The number of nitrogens with zero attached hydrogens (tertiary/aromatic N) is 2. The van der Waals surface area contributed by atoms with Crippen molar-refractivity contribution in [2.75, 3.05) is 38.2 Å². The molecular formula is C21H26N2O3. The van der Waals surface area contributed by atoms with E-state index in [1.54, 1.807) is 24.3 Å². The number of para-hydroxylation sites is 2. The van der Waals surface area contributed by atoms with Crippen LogP contribution < -0.4 is 9.64 Å². The number of benzene rings is 2. The number of piperidine rings is 1. The van der Waals surface area contributed by atoms with Crippen molar-refractivity contribution in [2.24, 2.45) is 0 Å². The third kappa shape index (κ3) is 4.55. The van der Waals surface area contributed by atoms with E-state index in [1.165, 1.54) is 18.5 Å². The number of hydrogen-bond acceptors (Lipinski definition) is 4. The van der Waals surface area contributed by atoms with E-state index in [0.717, 1.165) is 19.6 Å². The van der Waals surface area contributed by atoms with Gasteiger partial charge < -0.3 is 14.7 Å². The Labute approximate surface area is 154 Å². The number of anilines is 1. The summed E-state index contributed by atoms with van der Waals surface area (Å²) in [5.74, 6) is -0.525. The van der Waals surface area contributed by atoms with Crippen LogP contribution in [-0.4, -0.2) is 55.3 Å². The van der Waals surface area contributed by atoms with Crippen molar-refractivity contribution in [2.45, 2.75) is 18.9 Å². The van der Waals surface area contributed by atoms with Crippen molar-refractivity contribution >= 4 is 11.7 Å². The predicted molar refractivity (Wildman–Crippen MR) is 103 cm³/mol. The average Bonchev–Trinajstić information content (AvgIpc) is 2.69. The highest BCUT2D eigenvalue weighted by Crippen LogP contribution is 2.22. The molecule has 0 radical (unpaired) electrons. The molecule has 5 heteroatoms. The van der Waals surface area contributed by atoms with E-state index in [2.05, 4.69) is 41.1 Å². The fourth-order valence-electron chi connectivity index (χ4n) is 3.44. The van der Waals surface area contributed by atoms with E-state index in [9.17, 15) is 9.90 Å². The van der Waals surface area contributed by atoms with E-state index in [-0.39, 0.29) is 5.56 Å². The van der Waals surface area contributed by atoms with Crippen molar-refractivity contribution in [3.05, 3.63) is 60.2 Å². The van der Waals surface area contributed by atoms with Gasteiger partial charge in [-0.2, -0.15) is 0 Å². The molecule has 0 amide bonds. The van der Waals surface area contributed by atoms with E-state index in [4.69, 9.17) is 4.74 Å². The van der Waals surface area contributed by atoms with Crippen LogP contribution in [0.1, 0.15) is 23.2 Å². The third-order valence-corrected chi connectivity index (χ3v) is 4.96. The molecule has 0 spiro atoms. The molecule has 0 unspecified atom stereocenters. The number of aromatic carboxylic acids is 1. The smallest absolute Gasteiger partial charge is 0.339 e. The highest BCUT2D eigenvalue weighted by atomic mass is 16.5. The second-order valence-corrected chi connectivity index (χ2v) is 6.71. The van der Waals surface area contributed by atoms with Gasteiger partial charge in [0.1, 0.15) is 17.9 Å². The minimum atomic E-state index is -0.959. The van der Waals surface area contributed by atoms with Crippen molar-refractivity contribution in [1.29, 1.82) is 0 Å². The fourth-order valence-corrected chi connectivity index (χ4v) is 3.44. The zero-order valence-electron chi connectivity index (χ0n) is 15.2. The topological polar surface area (TPSA) is 53.0 Å². The molecular weight excluding hydrogens is 328 g/mol. The predicted octanol–water partition coefficient (Wildman–Crippen LogP) is 3.36. The summed E-state index contributed by atoms with van der Waals surface area (Å²) in [4.78, 5) is 16.0. The summed E-state index contributed by atoms with van der Waals surface area (Å²) in [6.45, 7) is 3.34. The molecule has 1 aliphatic heterocycles. The van der Waals surface area contributed by atoms with E-state index < -0.39 is 5.97 Å². The lowest BCUT2D eigenvalue weighted by Crippen LogP contribution is -2.47. The maximum absolute atomic E-state index is 11.2. The maximum atomic E-state index is 11.2. The molecule has 0 bridgehead atoms. The Kier molecular flexibility index (Phi) is 6.12. The molecule has 1 atom stereocenters. The Bertz CT molecular complexity index is 720. The fraction of sp³-hybridized carbons (Fsp3) is 0.381. The summed E-state index contributed by atoms with van der Waals surface area (Å²) < 4.78 is 5.74. The van der Waals surface area contributed by atoms with Crippen LogP contribution in [-0.2, 0) is 0 Å². The molecule has 0 aliphatic carbocycles. The van der Waals surface area contributed by atoms with Gasteiger partial charge in [-0.1, -0.05) is 30.3 Å². The standard InChI is InChI=1S/C21H26N2O3/c1-22(14-15-26-20-12-6-5-11-19(20)21(24)25)18-10-7-13-23(16-18)17-8-3-2-4-9-17/h2-6,8-9,11-12,18H,7,10,13-16H2,1H3,(H,24,25)/t18-/m1/s1. The van der Waals surface area contributed by atoms with Crippen molar-refractivity contribution in [3.63, 3.8) is 0 Å². The molecule has 3 rings (SSSR count). The van der Waals surface area contributed by atoms with E-state index in [1.807, 2.05) is 6.07 Å². The lowest BCUT2D eigenvalue weighted by atomic mass is 10.0. The minimum Gasteiger partial charge on any atom is -0.491 e. The first kappa shape index (κ1) is 18.3. The van der Waals surface area contributed by atoms with Crippen LogP contribution in [0.2, 0.25) is 0 Å². The van der Waals surface area contributed by atoms with Crippen LogP contribution in [0.3, 0.4) is 0 Å². The summed E-state index contributed by atoms with van der Waals surface area (Å²) in [6, 6.07) is 17.8. The van der Waals surface area contributed by atoms with Crippen LogP contribution in [0.25, 0.3) is 0 Å². The van der Waals surface area contributed by atoms with Gasteiger partial charge in [0.15, 0.2) is 0 Å². The van der Waals surface area contributed by atoms with Crippen LogP contribution in [0.4, 0.5) is 5.69 Å². The first-order valence-electron chi connectivity index (χ1n) is 9.10. The summed E-state index contributed by atoms with van der Waals surface area (Å²) >= 11 is 0. The SMILES string of the molecule is CN(CCOc1ccccc1C(=O)O)[C@@H]1CCCN(c2ccccc2)C1. The lowest BCUT2D eigenvalue weighted by Gasteiger charge is -2.38. The van der Waals surface area contributed by atoms with Crippen molar-refractivity contribution in [1.82, 2.24) is 4.90 Å². The number of ether oxygens (including phenoxy) is 1. The second-order valence-electron chi connectivity index (χ2n) is 6.71. The Balaban J connectivity index is 1.52. The maximum Gasteiger partial charge on any atom is 0.339 e. The Hall–Kier alpha value is -2.53. The van der Waals surface area contributed by atoms with Gasteiger partial charge in [-0.05, 0) is 44.2 Å². The molecule has 1 heterocycles. The zero-order chi connectivity index (χ0) is 18.4. The van der Waals surface area contributed by atoms with Gasteiger partial charge in [-0.25, -0.2) is 4.79 Å². The quantitative estimate of drug-likeness (QED) is 0.826. The monoisotopic (exact) mass is 354 g/mol.